The summed E-state index contributed by atoms with van der Waals surface area (Å²) in [5, 5.41) is 10.3. The molecule has 1 unspecified atom stereocenters. The predicted octanol–water partition coefficient (Wildman–Crippen LogP) is 2.88. The van der Waals surface area contributed by atoms with Crippen molar-refractivity contribution in [2.24, 2.45) is 0 Å². The van der Waals surface area contributed by atoms with Gasteiger partial charge in [-0.2, -0.15) is 4.72 Å². The molecule has 1 aliphatic carbocycles. The van der Waals surface area contributed by atoms with E-state index >= 15 is 0 Å². The minimum Gasteiger partial charge on any atom is -0.480 e. The number of carboxylic acid groups (broad SMARTS) is 1. The Bertz CT molecular complexity index is 1380. The van der Waals surface area contributed by atoms with Crippen molar-refractivity contribution < 1.29 is 31.2 Å². The molecule has 33 heavy (non-hydrogen) atoms. The number of benzene rings is 2. The Morgan fingerprint density at radius 2 is 1.76 bits per heavy atom. The van der Waals surface area contributed by atoms with Crippen molar-refractivity contribution in [3.63, 3.8) is 0 Å². The largest absolute Gasteiger partial charge is 0.480 e. The summed E-state index contributed by atoms with van der Waals surface area (Å²) in [7, 11) is -8.11. The second-order valence-corrected chi connectivity index (χ2v) is 11.5. The lowest BCUT2D eigenvalue weighted by Gasteiger charge is -2.15. The number of carbonyl (C=O) groups is 1. The van der Waals surface area contributed by atoms with E-state index < -0.39 is 44.2 Å². The fraction of sp³-hybridized carbons (Fsp3) is 0.318. The summed E-state index contributed by atoms with van der Waals surface area (Å²) in [6.45, 7) is 0. The van der Waals surface area contributed by atoms with Gasteiger partial charge in [0.05, 0.1) is 10.6 Å². The Balaban J connectivity index is 1.49. The third-order valence-corrected chi connectivity index (χ3v) is 8.35. The third kappa shape index (κ3) is 5.37. The van der Waals surface area contributed by atoms with Crippen molar-refractivity contribution in [2.75, 3.05) is 10.5 Å². The van der Waals surface area contributed by atoms with Crippen molar-refractivity contribution in [3.8, 4) is 0 Å². The molecule has 4 rings (SSSR count). The number of sulfonamides is 2. The number of nitrogens with one attached hydrogen (secondary N) is 2. The zero-order valence-electron chi connectivity index (χ0n) is 17.7. The number of hydrogen-bond acceptors (Lipinski definition) is 6. The van der Waals surface area contributed by atoms with E-state index in [1.165, 1.54) is 12.1 Å². The maximum absolute atomic E-state index is 12.9. The highest BCUT2D eigenvalue weighted by molar-refractivity contribution is 7.92. The Morgan fingerprint density at radius 3 is 2.48 bits per heavy atom. The first-order chi connectivity index (χ1) is 15.6. The Morgan fingerprint density at radius 1 is 1.03 bits per heavy atom. The van der Waals surface area contributed by atoms with Gasteiger partial charge in [-0.1, -0.05) is 18.2 Å². The summed E-state index contributed by atoms with van der Waals surface area (Å²) < 4.78 is 60.6. The van der Waals surface area contributed by atoms with Gasteiger partial charge in [-0.05, 0) is 49.9 Å². The molecule has 11 heteroatoms. The fourth-order valence-corrected chi connectivity index (χ4v) is 6.29. The Labute approximate surface area is 191 Å². The molecule has 1 aliphatic rings. The summed E-state index contributed by atoms with van der Waals surface area (Å²) in [4.78, 5) is 11.5. The van der Waals surface area contributed by atoms with Crippen LogP contribution in [0.15, 0.2) is 57.8 Å². The third-order valence-electron chi connectivity index (χ3n) is 5.56. The van der Waals surface area contributed by atoms with E-state index in [1.54, 1.807) is 36.4 Å². The average molecular weight is 493 g/mol. The minimum atomic E-state index is -4.23. The summed E-state index contributed by atoms with van der Waals surface area (Å²) >= 11 is 0. The molecule has 0 bridgehead atoms. The smallest absolute Gasteiger partial charge is 0.321 e. The maximum atomic E-state index is 12.9. The number of furan rings is 1. The van der Waals surface area contributed by atoms with Gasteiger partial charge in [0.25, 0.3) is 0 Å². The second kappa shape index (κ2) is 9.16. The lowest BCUT2D eigenvalue weighted by Crippen LogP contribution is -2.42. The minimum absolute atomic E-state index is 0.141. The molecule has 9 nitrogen and oxygen atoms in total. The number of anilines is 1. The van der Waals surface area contributed by atoms with E-state index in [4.69, 9.17) is 4.42 Å². The van der Waals surface area contributed by atoms with Crippen LogP contribution in [0.4, 0.5) is 5.69 Å². The van der Waals surface area contributed by atoms with E-state index in [0.717, 1.165) is 42.4 Å². The molecule has 3 N–H and O–H groups in total. The van der Waals surface area contributed by atoms with Crippen LogP contribution in [0.3, 0.4) is 0 Å². The maximum Gasteiger partial charge on any atom is 0.321 e. The monoisotopic (exact) mass is 492 g/mol. The van der Waals surface area contributed by atoms with Crippen molar-refractivity contribution in [1.82, 2.24) is 4.72 Å². The summed E-state index contributed by atoms with van der Waals surface area (Å²) in [5.41, 5.74) is 1.86. The fourth-order valence-electron chi connectivity index (χ4n) is 3.91. The summed E-state index contributed by atoms with van der Waals surface area (Å²) in [6, 6.07) is 11.0. The Hall–Kier alpha value is -2.89. The van der Waals surface area contributed by atoms with Crippen molar-refractivity contribution >= 4 is 42.7 Å². The summed E-state index contributed by atoms with van der Waals surface area (Å²) in [5.74, 6) is -1.19. The number of aryl methyl sites for hydroxylation is 2. The van der Waals surface area contributed by atoms with Gasteiger partial charge < -0.3 is 9.52 Å². The molecule has 0 fully saturated rings. The molecule has 0 amide bonds. The normalized spacial score (nSPS) is 15.2. The zero-order chi connectivity index (χ0) is 23.6. The lowest BCUT2D eigenvalue weighted by atomic mass is 9.96. The van der Waals surface area contributed by atoms with Crippen LogP contribution in [-0.4, -0.2) is 39.7 Å². The van der Waals surface area contributed by atoms with Crippen LogP contribution in [0.1, 0.15) is 30.6 Å². The number of carboxylic acids is 1. The van der Waals surface area contributed by atoms with Crippen molar-refractivity contribution in [2.45, 2.75) is 43.0 Å². The number of para-hydroxylation sites is 1. The van der Waals surface area contributed by atoms with Gasteiger partial charge >= 0.3 is 5.97 Å². The van der Waals surface area contributed by atoms with Crippen molar-refractivity contribution in [1.29, 1.82) is 0 Å². The van der Waals surface area contributed by atoms with Crippen LogP contribution in [0.5, 0.6) is 0 Å². The zero-order valence-corrected chi connectivity index (χ0v) is 19.3. The molecule has 1 heterocycles. The van der Waals surface area contributed by atoms with Gasteiger partial charge in [-0.25, -0.2) is 16.8 Å². The second-order valence-electron chi connectivity index (χ2n) is 7.96. The topological polar surface area (TPSA) is 143 Å². The highest BCUT2D eigenvalue weighted by Crippen LogP contribution is 2.33. The highest BCUT2D eigenvalue weighted by Gasteiger charge is 2.28. The van der Waals surface area contributed by atoms with Crippen LogP contribution in [-0.2, 0) is 37.7 Å². The molecule has 1 atom stereocenters. The molecule has 0 aliphatic heterocycles. The molecule has 176 valence electrons. The standard InChI is InChI=1S/C22H24N2O7S2/c25-22(26)19(12-13-32(27,28)23-15-6-2-1-3-7-15)24-33(29,30)16-10-11-18-17-8-4-5-9-20(17)31-21(18)14-16/h1-3,6-7,10-11,14,19,23-24H,4-5,8-9,12-13H2,(H,25,26). The number of aliphatic carboxylic acids is 1. The SMILES string of the molecule is O=C(O)C(CCS(=O)(=O)Nc1ccccc1)NS(=O)(=O)c1ccc2c3c(oc2c1)CCCC3. The highest BCUT2D eigenvalue weighted by atomic mass is 32.2. The average Bonchev–Trinajstić information content (AvgIpc) is 3.15. The van der Waals surface area contributed by atoms with Crippen LogP contribution < -0.4 is 9.44 Å². The number of rotatable bonds is 9. The van der Waals surface area contributed by atoms with E-state index in [2.05, 4.69) is 9.44 Å². The number of hydrogen-bond donors (Lipinski definition) is 3. The predicted molar refractivity (Wildman–Crippen MR) is 123 cm³/mol. The lowest BCUT2D eigenvalue weighted by molar-refractivity contribution is -0.139. The molecular formula is C22H24N2O7S2. The van der Waals surface area contributed by atoms with Crippen molar-refractivity contribution in [3.05, 3.63) is 59.9 Å². The van der Waals surface area contributed by atoms with E-state index in [1.807, 2.05) is 0 Å². The van der Waals surface area contributed by atoms with Gasteiger partial charge in [0.1, 0.15) is 17.4 Å². The van der Waals surface area contributed by atoms with Gasteiger partial charge in [0, 0.05) is 29.1 Å². The molecule has 0 radical (unpaired) electrons. The van der Waals surface area contributed by atoms with Gasteiger partial charge in [0.15, 0.2) is 0 Å². The van der Waals surface area contributed by atoms with Crippen LogP contribution in [0, 0.1) is 0 Å². The summed E-state index contributed by atoms with van der Waals surface area (Å²) in [6.07, 6.45) is 3.29. The van der Waals surface area contributed by atoms with E-state index in [9.17, 15) is 26.7 Å². The molecule has 3 aromatic rings. The van der Waals surface area contributed by atoms with Crippen LogP contribution in [0.2, 0.25) is 0 Å². The molecule has 1 aromatic heterocycles. The van der Waals surface area contributed by atoms with Gasteiger partial charge in [-0.3, -0.25) is 9.52 Å². The molecular weight excluding hydrogens is 468 g/mol. The quantitative estimate of drug-likeness (QED) is 0.417. The molecule has 0 spiro atoms. The molecule has 0 saturated carbocycles. The number of fused-ring (bicyclic) bond motifs is 3. The first kappa shape index (κ1) is 23.3. The van der Waals surface area contributed by atoms with E-state index in [0.29, 0.717) is 11.3 Å². The van der Waals surface area contributed by atoms with E-state index in [-0.39, 0.29) is 4.90 Å². The van der Waals surface area contributed by atoms with Crippen LogP contribution >= 0.6 is 0 Å². The first-order valence-electron chi connectivity index (χ1n) is 10.5. The van der Waals surface area contributed by atoms with Gasteiger partial charge in [0.2, 0.25) is 20.0 Å². The first-order valence-corrected chi connectivity index (χ1v) is 13.6. The van der Waals surface area contributed by atoms with Crippen LogP contribution in [0.25, 0.3) is 11.0 Å². The van der Waals surface area contributed by atoms with Gasteiger partial charge in [-0.15, -0.1) is 0 Å². The Kier molecular flexibility index (Phi) is 6.46. The molecule has 0 saturated heterocycles. The molecule has 2 aromatic carbocycles.